The smallest absolute Gasteiger partial charge is 0.308 e. The molecule has 0 aromatic rings. The van der Waals surface area contributed by atoms with E-state index in [0.29, 0.717) is 17.9 Å². The van der Waals surface area contributed by atoms with Gasteiger partial charge in [0, 0.05) is 6.04 Å². The summed E-state index contributed by atoms with van der Waals surface area (Å²) >= 11 is 0. The van der Waals surface area contributed by atoms with Gasteiger partial charge >= 0.3 is 5.97 Å². The highest BCUT2D eigenvalue weighted by atomic mass is 16.5. The van der Waals surface area contributed by atoms with Crippen LogP contribution in [0.2, 0.25) is 0 Å². The lowest BCUT2D eigenvalue weighted by Crippen LogP contribution is -2.19. The minimum absolute atomic E-state index is 0.0250. The standard InChI is InChI=1S/C10H17NO2/c1-13-10(12)8-2-6-4-9(11)5-7(6)3-8/h6-9H,2-5,11H2,1H3. The second-order valence-corrected chi connectivity index (χ2v) is 4.44. The largest absolute Gasteiger partial charge is 0.469 e. The van der Waals surface area contributed by atoms with Gasteiger partial charge in [-0.2, -0.15) is 0 Å². The summed E-state index contributed by atoms with van der Waals surface area (Å²) < 4.78 is 4.76. The molecule has 0 heterocycles. The first-order chi connectivity index (χ1) is 6.20. The molecule has 13 heavy (non-hydrogen) atoms. The van der Waals surface area contributed by atoms with Crippen molar-refractivity contribution in [3.05, 3.63) is 0 Å². The maximum atomic E-state index is 11.3. The molecule has 0 saturated heterocycles. The van der Waals surface area contributed by atoms with Crippen LogP contribution >= 0.6 is 0 Å². The molecule has 2 aliphatic rings. The van der Waals surface area contributed by atoms with E-state index in [9.17, 15) is 4.79 Å². The number of carbonyl (C=O) groups is 1. The zero-order chi connectivity index (χ0) is 9.42. The van der Waals surface area contributed by atoms with E-state index in [2.05, 4.69) is 0 Å². The molecule has 2 N–H and O–H groups in total. The van der Waals surface area contributed by atoms with E-state index >= 15 is 0 Å². The zero-order valence-electron chi connectivity index (χ0n) is 8.03. The van der Waals surface area contributed by atoms with Crippen molar-refractivity contribution in [1.82, 2.24) is 0 Å². The number of carbonyl (C=O) groups excluding carboxylic acids is 1. The molecule has 0 radical (unpaired) electrons. The van der Waals surface area contributed by atoms with E-state index in [1.54, 1.807) is 0 Å². The molecular weight excluding hydrogens is 166 g/mol. The van der Waals surface area contributed by atoms with Crippen molar-refractivity contribution < 1.29 is 9.53 Å². The van der Waals surface area contributed by atoms with Crippen molar-refractivity contribution in [1.29, 1.82) is 0 Å². The highest BCUT2D eigenvalue weighted by molar-refractivity contribution is 5.72. The highest BCUT2D eigenvalue weighted by Crippen LogP contribution is 2.46. The lowest BCUT2D eigenvalue weighted by atomic mass is 10.0. The maximum Gasteiger partial charge on any atom is 0.308 e. The van der Waals surface area contributed by atoms with Gasteiger partial charge in [-0.05, 0) is 37.5 Å². The first-order valence-electron chi connectivity index (χ1n) is 5.04. The van der Waals surface area contributed by atoms with Gasteiger partial charge in [0.05, 0.1) is 13.0 Å². The fourth-order valence-corrected chi connectivity index (χ4v) is 3.02. The average Bonchev–Trinajstić information content (AvgIpc) is 2.59. The number of hydrogen-bond acceptors (Lipinski definition) is 3. The predicted octanol–water partition coefficient (Wildman–Crippen LogP) is 0.923. The number of esters is 1. The van der Waals surface area contributed by atoms with Crippen LogP contribution in [0.4, 0.5) is 0 Å². The van der Waals surface area contributed by atoms with Gasteiger partial charge in [0.25, 0.3) is 0 Å². The second-order valence-electron chi connectivity index (χ2n) is 4.44. The summed E-state index contributed by atoms with van der Waals surface area (Å²) in [6.45, 7) is 0. The van der Waals surface area contributed by atoms with E-state index in [1.165, 1.54) is 7.11 Å². The monoisotopic (exact) mass is 183 g/mol. The molecule has 0 spiro atoms. The fraction of sp³-hybridized carbons (Fsp3) is 0.900. The van der Waals surface area contributed by atoms with Gasteiger partial charge in [-0.1, -0.05) is 0 Å². The molecule has 0 aliphatic heterocycles. The van der Waals surface area contributed by atoms with E-state index in [4.69, 9.17) is 10.5 Å². The third-order valence-electron chi connectivity index (χ3n) is 3.59. The molecule has 2 unspecified atom stereocenters. The molecule has 2 atom stereocenters. The lowest BCUT2D eigenvalue weighted by Gasteiger charge is -2.09. The first kappa shape index (κ1) is 9.00. The first-order valence-corrected chi connectivity index (χ1v) is 5.04. The number of rotatable bonds is 1. The summed E-state index contributed by atoms with van der Waals surface area (Å²) in [5.41, 5.74) is 5.86. The lowest BCUT2D eigenvalue weighted by molar-refractivity contribution is -0.145. The Morgan fingerprint density at radius 1 is 1.23 bits per heavy atom. The quantitative estimate of drug-likeness (QED) is 0.615. The summed E-state index contributed by atoms with van der Waals surface area (Å²) in [7, 11) is 1.47. The molecule has 2 fully saturated rings. The Balaban J connectivity index is 1.93. The second kappa shape index (κ2) is 3.29. The van der Waals surface area contributed by atoms with Crippen molar-refractivity contribution in [3.63, 3.8) is 0 Å². The normalized spacial score (nSPS) is 43.2. The van der Waals surface area contributed by atoms with Gasteiger partial charge in [-0.25, -0.2) is 0 Å². The third-order valence-corrected chi connectivity index (χ3v) is 3.59. The van der Waals surface area contributed by atoms with Crippen LogP contribution in [0.1, 0.15) is 25.7 Å². The van der Waals surface area contributed by atoms with Crippen molar-refractivity contribution in [3.8, 4) is 0 Å². The van der Waals surface area contributed by atoms with Crippen LogP contribution in [0.25, 0.3) is 0 Å². The Morgan fingerprint density at radius 2 is 1.77 bits per heavy atom. The van der Waals surface area contributed by atoms with Gasteiger partial charge in [0.15, 0.2) is 0 Å². The molecule has 74 valence electrons. The predicted molar refractivity (Wildman–Crippen MR) is 48.9 cm³/mol. The van der Waals surface area contributed by atoms with Crippen LogP contribution in [0.3, 0.4) is 0 Å². The zero-order valence-corrected chi connectivity index (χ0v) is 8.03. The Kier molecular flexibility index (Phi) is 2.28. The maximum absolute atomic E-state index is 11.3. The van der Waals surface area contributed by atoms with E-state index < -0.39 is 0 Å². The van der Waals surface area contributed by atoms with Gasteiger partial charge in [-0.3, -0.25) is 4.79 Å². The van der Waals surface area contributed by atoms with E-state index in [0.717, 1.165) is 25.7 Å². The fourth-order valence-electron chi connectivity index (χ4n) is 3.02. The van der Waals surface area contributed by atoms with Crippen LogP contribution in [-0.2, 0) is 9.53 Å². The molecule has 2 saturated carbocycles. The molecule has 0 aromatic heterocycles. The molecule has 0 bridgehead atoms. The number of methoxy groups -OCH3 is 1. The van der Waals surface area contributed by atoms with Crippen molar-refractivity contribution in [2.45, 2.75) is 31.7 Å². The number of hydrogen-bond donors (Lipinski definition) is 1. The van der Waals surface area contributed by atoms with Crippen LogP contribution < -0.4 is 5.73 Å². The Bertz CT molecular complexity index is 203. The van der Waals surface area contributed by atoms with Gasteiger partial charge in [0.2, 0.25) is 0 Å². The Hall–Kier alpha value is -0.570. The minimum atomic E-state index is -0.0250. The highest BCUT2D eigenvalue weighted by Gasteiger charge is 2.43. The summed E-state index contributed by atoms with van der Waals surface area (Å²) in [6.07, 6.45) is 4.23. The molecule has 3 nitrogen and oxygen atoms in total. The Labute approximate surface area is 78.6 Å². The van der Waals surface area contributed by atoms with Crippen LogP contribution in [-0.4, -0.2) is 19.1 Å². The van der Waals surface area contributed by atoms with Crippen molar-refractivity contribution in [2.75, 3.05) is 7.11 Å². The van der Waals surface area contributed by atoms with Crippen LogP contribution in [0, 0.1) is 17.8 Å². The number of ether oxygens (including phenoxy) is 1. The summed E-state index contributed by atoms with van der Waals surface area (Å²) in [5.74, 6) is 1.52. The SMILES string of the molecule is COC(=O)C1CC2CC(N)CC2C1. The van der Waals surface area contributed by atoms with Crippen molar-refractivity contribution >= 4 is 5.97 Å². The molecular formula is C10H17NO2. The average molecular weight is 183 g/mol. The van der Waals surface area contributed by atoms with Gasteiger partial charge in [-0.15, -0.1) is 0 Å². The van der Waals surface area contributed by atoms with E-state index in [-0.39, 0.29) is 11.9 Å². The number of nitrogens with two attached hydrogens (primary N) is 1. The third kappa shape index (κ3) is 1.57. The topological polar surface area (TPSA) is 52.3 Å². The Morgan fingerprint density at radius 3 is 2.23 bits per heavy atom. The molecule has 0 aromatic carbocycles. The van der Waals surface area contributed by atoms with Crippen LogP contribution in [0.15, 0.2) is 0 Å². The molecule has 0 amide bonds. The van der Waals surface area contributed by atoms with Gasteiger partial charge in [0.1, 0.15) is 0 Å². The van der Waals surface area contributed by atoms with Crippen LogP contribution in [0.5, 0.6) is 0 Å². The molecule has 2 rings (SSSR count). The summed E-state index contributed by atoms with van der Waals surface area (Å²) in [6, 6.07) is 0.383. The summed E-state index contributed by atoms with van der Waals surface area (Å²) in [4.78, 5) is 11.3. The molecule has 3 heteroatoms. The minimum Gasteiger partial charge on any atom is -0.469 e. The summed E-state index contributed by atoms with van der Waals surface area (Å²) in [5, 5.41) is 0. The van der Waals surface area contributed by atoms with Gasteiger partial charge < -0.3 is 10.5 Å². The van der Waals surface area contributed by atoms with Crippen molar-refractivity contribution in [2.24, 2.45) is 23.5 Å². The molecule has 2 aliphatic carbocycles. The number of fused-ring (bicyclic) bond motifs is 1. The van der Waals surface area contributed by atoms with E-state index in [1.807, 2.05) is 0 Å².